The van der Waals surface area contributed by atoms with Crippen LogP contribution in [0.3, 0.4) is 0 Å². The molecule has 0 aliphatic heterocycles. The van der Waals surface area contributed by atoms with Crippen LogP contribution in [-0.2, 0) is 12.4 Å². The Kier molecular flexibility index (Phi) is 10.4. The van der Waals surface area contributed by atoms with Crippen LogP contribution in [-0.4, -0.2) is 49.4 Å². The zero-order valence-electron chi connectivity index (χ0n) is 35.9. The number of alkyl halides is 6. The van der Waals surface area contributed by atoms with E-state index in [-0.39, 0.29) is 23.0 Å². The highest BCUT2D eigenvalue weighted by molar-refractivity contribution is 6.11. The van der Waals surface area contributed by atoms with Crippen LogP contribution in [0.25, 0.3) is 95.6 Å². The number of halogens is 6. The van der Waals surface area contributed by atoms with Gasteiger partial charge in [0.05, 0.1) is 27.8 Å². The molecular weight excluding hydrogens is 867 g/mol. The number of hydrogen-bond donors (Lipinski definition) is 0. The molecule has 0 saturated carbocycles. The van der Waals surface area contributed by atoms with E-state index < -0.39 is 23.5 Å². The van der Waals surface area contributed by atoms with Crippen LogP contribution < -0.4 is 0 Å². The van der Waals surface area contributed by atoms with Gasteiger partial charge < -0.3 is 4.57 Å². The van der Waals surface area contributed by atoms with Crippen molar-refractivity contribution in [2.75, 3.05) is 0 Å². The van der Waals surface area contributed by atoms with Gasteiger partial charge in [0.15, 0.2) is 29.1 Å². The lowest BCUT2D eigenvalue weighted by atomic mass is 9.97. The molecule has 0 bridgehead atoms. The second-order valence-corrected chi connectivity index (χ2v) is 15.9. The number of aryl methyl sites for hydroxylation is 4. The topological polar surface area (TPSA) is 121 Å². The van der Waals surface area contributed by atoms with E-state index in [0.717, 1.165) is 22.9 Å². The largest absolute Gasteiger partial charge is 0.416 e. The van der Waals surface area contributed by atoms with E-state index in [1.165, 1.54) is 6.07 Å². The van der Waals surface area contributed by atoms with Crippen molar-refractivity contribution < 1.29 is 26.3 Å². The summed E-state index contributed by atoms with van der Waals surface area (Å²) in [5, 5.41) is 1.52. The molecule has 0 amide bonds. The lowest BCUT2D eigenvalue weighted by Crippen LogP contribution is -2.11. The lowest BCUT2D eigenvalue weighted by molar-refractivity contribution is -0.143. The third-order valence-electron chi connectivity index (χ3n) is 11.1. The van der Waals surface area contributed by atoms with E-state index in [1.807, 2.05) is 102 Å². The summed E-state index contributed by atoms with van der Waals surface area (Å²) in [5.74, 6) is 3.66. The highest BCUT2D eigenvalue weighted by atomic mass is 19.4. The molecular formula is C51H34F6N10. The lowest BCUT2D eigenvalue weighted by Gasteiger charge is -2.18. The molecule has 10 nitrogen and oxygen atoms in total. The Labute approximate surface area is 378 Å². The summed E-state index contributed by atoms with van der Waals surface area (Å²) in [4.78, 5) is 42.1. The molecule has 10 aromatic rings. The number of rotatable bonds is 7. The van der Waals surface area contributed by atoms with Gasteiger partial charge in [-0.2, -0.15) is 26.3 Å². The van der Waals surface area contributed by atoms with Gasteiger partial charge in [0, 0.05) is 38.6 Å². The molecule has 0 fully saturated rings. The molecule has 4 aromatic heterocycles. The van der Waals surface area contributed by atoms with Crippen LogP contribution in [0, 0.1) is 27.7 Å². The fourth-order valence-corrected chi connectivity index (χ4v) is 8.18. The van der Waals surface area contributed by atoms with Gasteiger partial charge in [-0.15, -0.1) is 0 Å². The number of benzene rings is 6. The monoisotopic (exact) mass is 900 g/mol. The van der Waals surface area contributed by atoms with Crippen molar-refractivity contribution in [1.29, 1.82) is 0 Å². The zero-order chi connectivity index (χ0) is 46.8. The predicted molar refractivity (Wildman–Crippen MR) is 243 cm³/mol. The van der Waals surface area contributed by atoms with Crippen molar-refractivity contribution in [2.45, 2.75) is 40.0 Å². The minimum absolute atomic E-state index is 0.0608. The van der Waals surface area contributed by atoms with E-state index >= 15 is 0 Å². The molecule has 10 rings (SSSR count). The molecule has 0 radical (unpaired) electrons. The molecule has 0 atom stereocenters. The van der Waals surface area contributed by atoms with Crippen LogP contribution in [0.15, 0.2) is 133 Å². The van der Waals surface area contributed by atoms with Crippen molar-refractivity contribution in [3.8, 4) is 73.8 Å². The van der Waals surface area contributed by atoms with Gasteiger partial charge in [-0.3, -0.25) is 0 Å². The Morgan fingerprint density at radius 2 is 0.746 bits per heavy atom. The van der Waals surface area contributed by atoms with Crippen LogP contribution >= 0.6 is 0 Å². The second-order valence-electron chi connectivity index (χ2n) is 15.9. The first-order valence-corrected chi connectivity index (χ1v) is 20.8. The van der Waals surface area contributed by atoms with Gasteiger partial charge in [0.2, 0.25) is 0 Å². The Balaban J connectivity index is 1.34. The molecule has 4 heterocycles. The second kappa shape index (κ2) is 16.3. The molecule has 0 saturated heterocycles. The maximum atomic E-state index is 14.4. The SMILES string of the molecule is Cc1nc(C)nc(-c2ccc3c4ccc(-c5nc(C)nc(C)n5)cc4n(-c4cc(-c5cc(C(F)(F)F)cc(C(F)(F)F)c5)ccc4-c4nc(-c5ccccc5)nc(-c5ccccc5)n4)c3c2)n1. The summed E-state index contributed by atoms with van der Waals surface area (Å²) >= 11 is 0. The standard InChI is InChI=1S/C51H34F6N10/c1-27-58-28(2)61-47(60-27)34-16-18-39-40-19-17-35(48-62-29(3)59-30(4)63-48)25-43(40)67(42(39)24-34)44-23-33(36-21-37(50(52,53)54)26-38(22-36)51(55,56)57)15-20-41(44)49-65-45(31-11-7-5-8-12-31)64-46(66-49)32-13-9-6-10-14-32/h5-26H,1-4H3. The van der Waals surface area contributed by atoms with E-state index in [9.17, 15) is 26.3 Å². The van der Waals surface area contributed by atoms with Gasteiger partial charge in [0.1, 0.15) is 23.3 Å². The van der Waals surface area contributed by atoms with Crippen molar-refractivity contribution in [3.05, 3.63) is 168 Å². The fraction of sp³-hybridized carbons (Fsp3) is 0.118. The smallest absolute Gasteiger partial charge is 0.308 e. The van der Waals surface area contributed by atoms with Gasteiger partial charge >= 0.3 is 12.4 Å². The molecule has 0 unspecified atom stereocenters. The molecule has 0 N–H and O–H groups in total. The number of fused-ring (bicyclic) bond motifs is 3. The summed E-state index contributed by atoms with van der Waals surface area (Å²) in [6.45, 7) is 7.05. The Morgan fingerprint density at radius 3 is 1.18 bits per heavy atom. The first-order chi connectivity index (χ1) is 32.1. The molecule has 16 heteroatoms. The van der Waals surface area contributed by atoms with Gasteiger partial charge in [-0.25, -0.2) is 44.9 Å². The van der Waals surface area contributed by atoms with E-state index in [4.69, 9.17) is 15.0 Å². The fourth-order valence-electron chi connectivity index (χ4n) is 8.18. The average Bonchev–Trinajstić information content (AvgIpc) is 3.63. The summed E-state index contributed by atoms with van der Waals surface area (Å²) < 4.78 is 88.2. The first-order valence-electron chi connectivity index (χ1n) is 20.8. The van der Waals surface area contributed by atoms with Crippen molar-refractivity contribution in [2.24, 2.45) is 0 Å². The van der Waals surface area contributed by atoms with Crippen molar-refractivity contribution in [1.82, 2.24) is 49.4 Å². The predicted octanol–water partition coefficient (Wildman–Crippen LogP) is 12.6. The molecule has 6 aromatic carbocycles. The number of nitrogens with zero attached hydrogens (tertiary/aromatic N) is 10. The third-order valence-corrected chi connectivity index (χ3v) is 11.1. The Hall–Kier alpha value is -8.27. The Morgan fingerprint density at radius 1 is 0.343 bits per heavy atom. The van der Waals surface area contributed by atoms with E-state index in [1.54, 1.807) is 39.8 Å². The summed E-state index contributed by atoms with van der Waals surface area (Å²) in [5.41, 5.74) is 1.38. The maximum absolute atomic E-state index is 14.4. The molecule has 330 valence electrons. The maximum Gasteiger partial charge on any atom is 0.416 e. The first kappa shape index (κ1) is 42.7. The third kappa shape index (κ3) is 8.33. The van der Waals surface area contributed by atoms with E-state index in [0.29, 0.717) is 91.1 Å². The van der Waals surface area contributed by atoms with E-state index in [2.05, 4.69) is 29.9 Å². The van der Waals surface area contributed by atoms with Gasteiger partial charge in [0.25, 0.3) is 0 Å². The zero-order valence-corrected chi connectivity index (χ0v) is 35.9. The minimum Gasteiger partial charge on any atom is -0.308 e. The number of hydrogen-bond acceptors (Lipinski definition) is 9. The molecule has 67 heavy (non-hydrogen) atoms. The normalized spacial score (nSPS) is 12.0. The van der Waals surface area contributed by atoms with Crippen LogP contribution in [0.5, 0.6) is 0 Å². The highest BCUT2D eigenvalue weighted by Crippen LogP contribution is 2.43. The van der Waals surface area contributed by atoms with Gasteiger partial charge in [-0.1, -0.05) is 91.0 Å². The quantitative estimate of drug-likeness (QED) is 0.144. The molecule has 0 aliphatic rings. The van der Waals surface area contributed by atoms with Gasteiger partial charge in [-0.05, 0) is 81.3 Å². The molecule has 0 aliphatic carbocycles. The minimum atomic E-state index is -5.08. The summed E-state index contributed by atoms with van der Waals surface area (Å²) in [6.07, 6.45) is -10.2. The van der Waals surface area contributed by atoms with Crippen molar-refractivity contribution in [3.63, 3.8) is 0 Å². The summed E-state index contributed by atoms with van der Waals surface area (Å²) in [6, 6.07) is 36.1. The van der Waals surface area contributed by atoms with Crippen LogP contribution in [0.1, 0.15) is 34.4 Å². The average molecular weight is 901 g/mol. The summed E-state index contributed by atoms with van der Waals surface area (Å²) in [7, 11) is 0. The van der Waals surface area contributed by atoms with Crippen LogP contribution in [0.4, 0.5) is 26.3 Å². The number of aromatic nitrogens is 10. The molecule has 0 spiro atoms. The van der Waals surface area contributed by atoms with Crippen molar-refractivity contribution >= 4 is 21.8 Å². The Bertz CT molecular complexity index is 3320. The van der Waals surface area contributed by atoms with Crippen LogP contribution in [0.2, 0.25) is 0 Å². The highest BCUT2D eigenvalue weighted by Gasteiger charge is 2.37.